The lowest BCUT2D eigenvalue weighted by atomic mass is 9.71. The number of hydrogen-bond donors (Lipinski definition) is 1. The minimum Gasteiger partial charge on any atom is -0.493 e. The zero-order valence-electron chi connectivity index (χ0n) is 17.4. The van der Waals surface area contributed by atoms with Crippen LogP contribution in [0.5, 0.6) is 11.5 Å². The van der Waals surface area contributed by atoms with E-state index in [-0.39, 0.29) is 19.2 Å². The van der Waals surface area contributed by atoms with E-state index in [2.05, 4.69) is 0 Å². The molecule has 1 unspecified atom stereocenters. The highest BCUT2D eigenvalue weighted by Crippen LogP contribution is 2.50. The molecule has 2 fully saturated rings. The second-order valence-electron chi connectivity index (χ2n) is 8.29. The van der Waals surface area contributed by atoms with Gasteiger partial charge in [0, 0.05) is 24.4 Å². The molecule has 1 heterocycles. The number of benzene rings is 1. The first-order chi connectivity index (χ1) is 14.1. The first-order valence-electron chi connectivity index (χ1n) is 10.0. The maximum atomic E-state index is 13.5. The van der Waals surface area contributed by atoms with Crippen molar-refractivity contribution in [3.63, 3.8) is 0 Å². The Balaban J connectivity index is 1.98. The highest BCUT2D eigenvalue weighted by molar-refractivity contribution is 5.68. The topological polar surface area (TPSA) is 68.2 Å². The third-order valence-corrected chi connectivity index (χ3v) is 6.28. The molecular weight excluding hydrogens is 403 g/mol. The molecule has 1 amide bonds. The fraction of sp³-hybridized carbons (Fsp3) is 0.667. The molecule has 6 nitrogen and oxygen atoms in total. The van der Waals surface area contributed by atoms with Crippen LogP contribution < -0.4 is 9.47 Å². The molecule has 30 heavy (non-hydrogen) atoms. The van der Waals surface area contributed by atoms with E-state index in [1.54, 1.807) is 18.2 Å². The SMILES string of the molecule is COC(=O)N1C[C@H](c2ccc(OC)c(OC3CCCC3)c2)[C@](C)(C(O)C(F)(F)F)C1. The summed E-state index contributed by atoms with van der Waals surface area (Å²) >= 11 is 0. The van der Waals surface area contributed by atoms with Gasteiger partial charge in [0.1, 0.15) is 0 Å². The lowest BCUT2D eigenvalue weighted by molar-refractivity contribution is -0.236. The molecule has 1 saturated heterocycles. The second-order valence-corrected chi connectivity index (χ2v) is 8.29. The Labute approximate surface area is 173 Å². The lowest BCUT2D eigenvalue weighted by Gasteiger charge is -2.36. The lowest BCUT2D eigenvalue weighted by Crippen LogP contribution is -2.48. The van der Waals surface area contributed by atoms with Crippen LogP contribution in [0.4, 0.5) is 18.0 Å². The Bertz CT molecular complexity index is 765. The average molecular weight is 431 g/mol. The van der Waals surface area contributed by atoms with Crippen molar-refractivity contribution >= 4 is 6.09 Å². The van der Waals surface area contributed by atoms with Crippen LogP contribution in [0.1, 0.15) is 44.1 Å². The molecule has 1 aliphatic carbocycles. The zero-order chi connectivity index (χ0) is 22.1. The Morgan fingerprint density at radius 3 is 2.47 bits per heavy atom. The van der Waals surface area contributed by atoms with Crippen molar-refractivity contribution in [2.45, 2.75) is 56.9 Å². The number of amides is 1. The first kappa shape index (κ1) is 22.5. The first-order valence-corrected chi connectivity index (χ1v) is 10.0. The number of aliphatic hydroxyl groups excluding tert-OH is 1. The van der Waals surface area contributed by atoms with Gasteiger partial charge >= 0.3 is 12.3 Å². The van der Waals surface area contributed by atoms with Gasteiger partial charge in [-0.05, 0) is 43.4 Å². The third kappa shape index (κ3) is 4.31. The molecule has 0 spiro atoms. The fourth-order valence-corrected chi connectivity index (χ4v) is 4.61. The molecule has 1 saturated carbocycles. The van der Waals surface area contributed by atoms with Crippen LogP contribution in [0.25, 0.3) is 0 Å². The number of methoxy groups -OCH3 is 2. The Kier molecular flexibility index (Phi) is 6.40. The molecule has 1 aromatic carbocycles. The maximum absolute atomic E-state index is 13.5. The van der Waals surface area contributed by atoms with E-state index in [9.17, 15) is 23.1 Å². The van der Waals surface area contributed by atoms with Crippen molar-refractivity contribution in [2.75, 3.05) is 27.3 Å². The van der Waals surface area contributed by atoms with Gasteiger partial charge in [-0.3, -0.25) is 0 Å². The Hall–Kier alpha value is -2.16. The van der Waals surface area contributed by atoms with Gasteiger partial charge in [0.15, 0.2) is 17.6 Å². The van der Waals surface area contributed by atoms with Crippen molar-refractivity contribution in [2.24, 2.45) is 5.41 Å². The van der Waals surface area contributed by atoms with Crippen molar-refractivity contribution in [3.8, 4) is 11.5 Å². The second kappa shape index (κ2) is 8.53. The largest absolute Gasteiger partial charge is 0.493 e. The molecule has 3 rings (SSSR count). The smallest absolute Gasteiger partial charge is 0.414 e. The summed E-state index contributed by atoms with van der Waals surface area (Å²) in [5.41, 5.74) is -1.10. The Morgan fingerprint density at radius 1 is 1.23 bits per heavy atom. The number of halogens is 3. The van der Waals surface area contributed by atoms with Gasteiger partial charge in [-0.25, -0.2) is 4.79 Å². The minimum absolute atomic E-state index is 0.00842. The number of carbonyl (C=O) groups is 1. The predicted molar refractivity (Wildman–Crippen MR) is 103 cm³/mol. The van der Waals surface area contributed by atoms with Crippen LogP contribution in [0.2, 0.25) is 0 Å². The highest BCUT2D eigenvalue weighted by atomic mass is 19.4. The summed E-state index contributed by atoms with van der Waals surface area (Å²) in [6.45, 7) is 1.06. The fourth-order valence-electron chi connectivity index (χ4n) is 4.61. The van der Waals surface area contributed by atoms with Crippen LogP contribution in [0.15, 0.2) is 18.2 Å². The van der Waals surface area contributed by atoms with E-state index >= 15 is 0 Å². The average Bonchev–Trinajstić information content (AvgIpc) is 3.34. The molecule has 3 atom stereocenters. The van der Waals surface area contributed by atoms with Crippen LogP contribution >= 0.6 is 0 Å². The van der Waals surface area contributed by atoms with Gasteiger partial charge in [0.25, 0.3) is 0 Å². The molecule has 1 aliphatic heterocycles. The molecule has 0 radical (unpaired) electrons. The zero-order valence-corrected chi connectivity index (χ0v) is 17.4. The normalized spacial score (nSPS) is 26.0. The number of hydrogen-bond acceptors (Lipinski definition) is 5. The number of ether oxygens (including phenoxy) is 3. The van der Waals surface area contributed by atoms with Gasteiger partial charge in [-0.2, -0.15) is 13.2 Å². The summed E-state index contributed by atoms with van der Waals surface area (Å²) in [5.74, 6) is 0.180. The summed E-state index contributed by atoms with van der Waals surface area (Å²) in [5, 5.41) is 10.2. The van der Waals surface area contributed by atoms with Gasteiger partial charge in [0.2, 0.25) is 0 Å². The number of alkyl halides is 3. The molecule has 0 aromatic heterocycles. The Morgan fingerprint density at radius 2 is 1.90 bits per heavy atom. The molecule has 2 aliphatic rings. The van der Waals surface area contributed by atoms with E-state index in [0.717, 1.165) is 25.7 Å². The minimum atomic E-state index is -4.82. The van der Waals surface area contributed by atoms with Gasteiger partial charge < -0.3 is 24.2 Å². The van der Waals surface area contributed by atoms with Crippen LogP contribution in [0.3, 0.4) is 0 Å². The van der Waals surface area contributed by atoms with Crippen LogP contribution in [0, 0.1) is 5.41 Å². The standard InChI is InChI=1S/C21H28F3NO5/c1-20(18(26)21(22,23)24)12-25(19(27)29-3)11-15(20)13-8-9-16(28-2)17(10-13)30-14-6-4-5-7-14/h8-10,14-15,18,26H,4-7,11-12H2,1-3H3/t15-,18?,20-/m1/s1. The van der Waals surface area contributed by atoms with E-state index in [4.69, 9.17) is 14.2 Å². The molecule has 0 bridgehead atoms. The maximum Gasteiger partial charge on any atom is 0.414 e. The molecular formula is C21H28F3NO5. The van der Waals surface area contributed by atoms with Crippen molar-refractivity contribution in [1.82, 2.24) is 4.90 Å². The summed E-state index contributed by atoms with van der Waals surface area (Å²) < 4.78 is 56.6. The van der Waals surface area contributed by atoms with E-state index < -0.39 is 29.7 Å². The van der Waals surface area contributed by atoms with Crippen LogP contribution in [-0.2, 0) is 4.74 Å². The van der Waals surface area contributed by atoms with E-state index in [1.165, 1.54) is 26.0 Å². The molecule has 1 N–H and O–H groups in total. The number of likely N-dealkylation sites (tertiary alicyclic amines) is 1. The summed E-state index contributed by atoms with van der Waals surface area (Å²) in [4.78, 5) is 13.2. The van der Waals surface area contributed by atoms with E-state index in [0.29, 0.717) is 17.1 Å². The summed E-state index contributed by atoms with van der Waals surface area (Å²) in [7, 11) is 2.68. The van der Waals surface area contributed by atoms with Gasteiger partial charge in [-0.1, -0.05) is 13.0 Å². The predicted octanol–water partition coefficient (Wildman–Crippen LogP) is 4.11. The van der Waals surface area contributed by atoms with Crippen molar-refractivity contribution in [1.29, 1.82) is 0 Å². The van der Waals surface area contributed by atoms with E-state index in [1.807, 2.05) is 0 Å². The molecule has 168 valence electrons. The quantitative estimate of drug-likeness (QED) is 0.760. The summed E-state index contributed by atoms with van der Waals surface area (Å²) in [6, 6.07) is 4.98. The number of nitrogens with zero attached hydrogens (tertiary/aromatic N) is 1. The van der Waals surface area contributed by atoms with Crippen LogP contribution in [-0.4, -0.2) is 61.8 Å². The summed E-state index contributed by atoms with van der Waals surface area (Å²) in [6.07, 6.45) is -4.15. The number of carbonyl (C=O) groups excluding carboxylic acids is 1. The van der Waals surface area contributed by atoms with Crippen molar-refractivity contribution in [3.05, 3.63) is 23.8 Å². The number of rotatable bonds is 5. The van der Waals surface area contributed by atoms with Gasteiger partial charge in [0.05, 0.1) is 20.3 Å². The monoisotopic (exact) mass is 431 g/mol. The van der Waals surface area contributed by atoms with Gasteiger partial charge in [-0.15, -0.1) is 0 Å². The third-order valence-electron chi connectivity index (χ3n) is 6.28. The number of aliphatic hydroxyl groups is 1. The molecule has 9 heteroatoms. The van der Waals surface area contributed by atoms with Crippen molar-refractivity contribution < 1.29 is 37.3 Å². The molecule has 1 aromatic rings. The highest BCUT2D eigenvalue weighted by Gasteiger charge is 2.58.